The van der Waals surface area contributed by atoms with Crippen molar-refractivity contribution in [3.05, 3.63) is 62.3 Å². The highest BCUT2D eigenvalue weighted by molar-refractivity contribution is 5.98. The Hall–Kier alpha value is -4.40. The van der Waals surface area contributed by atoms with Gasteiger partial charge < -0.3 is 24.6 Å². The first-order valence-corrected chi connectivity index (χ1v) is 12.5. The number of fused-ring (bicyclic) bond motifs is 1. The summed E-state index contributed by atoms with van der Waals surface area (Å²) in [4.78, 5) is 55.6. The van der Waals surface area contributed by atoms with E-state index in [0.29, 0.717) is 35.0 Å². The molecule has 42 heavy (non-hydrogen) atoms. The van der Waals surface area contributed by atoms with E-state index >= 15 is 0 Å². The molecule has 2 aromatic heterocycles. The second-order valence-electron chi connectivity index (χ2n) is 9.37. The molecule has 0 aliphatic carbocycles. The van der Waals surface area contributed by atoms with Gasteiger partial charge in [-0.2, -0.15) is 18.2 Å². The largest absolute Gasteiger partial charge is 0.496 e. The molecule has 0 amide bonds. The molecule has 0 radical (unpaired) electrons. The number of aliphatic carboxylic acids is 1. The standard InChI is InChI=1S/C24H30N6O4.C2HF3O2.CH4/c1-16(2)9-12-29-20-21(26-23(29)28-13-10-25-11-14-28)27(3)24(33)30(22(20)32)15-18(31)17-7-5-6-8-19(17)34-4;3-2(4,5)1(6)7;/h5-9,25H,10-15H2,1-4H3;(H,6,7);1H4. The zero-order valence-corrected chi connectivity index (χ0v) is 23.0. The van der Waals surface area contributed by atoms with Crippen LogP contribution in [0.15, 0.2) is 45.5 Å². The normalized spacial score (nSPS) is 13.1. The van der Waals surface area contributed by atoms with Gasteiger partial charge in [0.1, 0.15) is 5.75 Å². The number of benzene rings is 1. The fourth-order valence-corrected chi connectivity index (χ4v) is 4.16. The number of aryl methyl sites for hydroxylation is 1. The molecule has 1 aliphatic heterocycles. The van der Waals surface area contributed by atoms with Gasteiger partial charge >= 0.3 is 17.8 Å². The molecule has 1 saturated heterocycles. The maximum absolute atomic E-state index is 13.6. The number of imidazole rings is 1. The van der Waals surface area contributed by atoms with E-state index in [1.807, 2.05) is 24.5 Å². The van der Waals surface area contributed by atoms with Crippen LogP contribution in [0.4, 0.5) is 19.1 Å². The van der Waals surface area contributed by atoms with Gasteiger partial charge in [-0.05, 0) is 26.0 Å². The number of para-hydroxylation sites is 1. The Morgan fingerprint density at radius 3 is 2.26 bits per heavy atom. The number of carbonyl (C=O) groups excluding carboxylic acids is 1. The number of halogens is 3. The van der Waals surface area contributed by atoms with Crippen LogP contribution in [0.3, 0.4) is 0 Å². The summed E-state index contributed by atoms with van der Waals surface area (Å²) < 4.78 is 41.2. The maximum atomic E-state index is 13.6. The fourth-order valence-electron chi connectivity index (χ4n) is 4.16. The highest BCUT2D eigenvalue weighted by Crippen LogP contribution is 2.21. The number of nitrogens with zero attached hydrogens (tertiary/aromatic N) is 5. The predicted molar refractivity (Wildman–Crippen MR) is 151 cm³/mol. The summed E-state index contributed by atoms with van der Waals surface area (Å²) in [7, 11) is 3.05. The lowest BCUT2D eigenvalue weighted by Crippen LogP contribution is -2.44. The molecule has 15 heteroatoms. The molecule has 0 saturated carbocycles. The quantitative estimate of drug-likeness (QED) is 0.311. The minimum absolute atomic E-state index is 0. The van der Waals surface area contributed by atoms with Gasteiger partial charge in [0.05, 0.1) is 19.2 Å². The topological polar surface area (TPSA) is 141 Å². The molecule has 230 valence electrons. The Kier molecular flexibility index (Phi) is 11.3. The van der Waals surface area contributed by atoms with Gasteiger partial charge in [0.2, 0.25) is 5.95 Å². The molecular formula is C27H35F3N6O6. The number of hydrogen-bond donors (Lipinski definition) is 2. The predicted octanol–water partition coefficient (Wildman–Crippen LogP) is 2.43. The zero-order valence-electron chi connectivity index (χ0n) is 23.0. The summed E-state index contributed by atoms with van der Waals surface area (Å²) in [6.07, 6.45) is -3.07. The van der Waals surface area contributed by atoms with Crippen LogP contribution in [-0.2, 0) is 24.9 Å². The van der Waals surface area contributed by atoms with E-state index < -0.39 is 29.9 Å². The number of hydrogen-bond acceptors (Lipinski definition) is 8. The molecular weight excluding hydrogens is 561 g/mol. The highest BCUT2D eigenvalue weighted by atomic mass is 19.4. The number of rotatable bonds is 7. The Bertz CT molecular complexity index is 1580. The Balaban J connectivity index is 0.000000687. The Labute approximate surface area is 239 Å². The fraction of sp³-hybridized carbons (Fsp3) is 0.444. The van der Waals surface area contributed by atoms with Crippen molar-refractivity contribution < 1.29 is 32.6 Å². The smallest absolute Gasteiger partial charge is 0.490 e. The lowest BCUT2D eigenvalue weighted by Gasteiger charge is -2.28. The van der Waals surface area contributed by atoms with Crippen molar-refractivity contribution in [3.63, 3.8) is 0 Å². The van der Waals surface area contributed by atoms with Gasteiger partial charge in [0, 0.05) is 39.8 Å². The van der Waals surface area contributed by atoms with E-state index in [1.165, 1.54) is 11.7 Å². The van der Waals surface area contributed by atoms with Gasteiger partial charge in [-0.25, -0.2) is 9.59 Å². The van der Waals surface area contributed by atoms with Crippen molar-refractivity contribution in [2.24, 2.45) is 7.05 Å². The van der Waals surface area contributed by atoms with E-state index in [2.05, 4.69) is 10.2 Å². The third-order valence-corrected chi connectivity index (χ3v) is 6.25. The Morgan fingerprint density at radius 2 is 1.71 bits per heavy atom. The number of alkyl halides is 3. The van der Waals surface area contributed by atoms with E-state index in [-0.39, 0.29) is 13.2 Å². The van der Waals surface area contributed by atoms with Crippen molar-refractivity contribution in [1.82, 2.24) is 24.0 Å². The molecule has 3 aromatic rings. The monoisotopic (exact) mass is 596 g/mol. The van der Waals surface area contributed by atoms with Crippen LogP contribution in [0, 0.1) is 0 Å². The molecule has 2 N–H and O–H groups in total. The first kappa shape index (κ1) is 33.8. The third-order valence-electron chi connectivity index (χ3n) is 6.25. The summed E-state index contributed by atoms with van der Waals surface area (Å²) in [5.41, 5.74) is 0.924. The summed E-state index contributed by atoms with van der Waals surface area (Å²) in [6, 6.07) is 6.77. The van der Waals surface area contributed by atoms with Crippen LogP contribution in [0.5, 0.6) is 5.75 Å². The van der Waals surface area contributed by atoms with Gasteiger partial charge in [-0.1, -0.05) is 31.2 Å². The average Bonchev–Trinajstić information content (AvgIpc) is 3.33. The van der Waals surface area contributed by atoms with Crippen LogP contribution in [0.2, 0.25) is 0 Å². The van der Waals surface area contributed by atoms with Crippen molar-refractivity contribution in [2.75, 3.05) is 38.2 Å². The van der Waals surface area contributed by atoms with Gasteiger partial charge in [-0.3, -0.25) is 18.7 Å². The van der Waals surface area contributed by atoms with Gasteiger partial charge in [-0.15, -0.1) is 0 Å². The van der Waals surface area contributed by atoms with E-state index in [4.69, 9.17) is 19.6 Å². The first-order valence-electron chi connectivity index (χ1n) is 12.5. The molecule has 0 bridgehead atoms. The van der Waals surface area contributed by atoms with Crippen molar-refractivity contribution in [2.45, 2.75) is 40.5 Å². The minimum atomic E-state index is -5.08. The molecule has 1 aliphatic rings. The lowest BCUT2D eigenvalue weighted by atomic mass is 10.1. The Morgan fingerprint density at radius 1 is 1.12 bits per heavy atom. The first-order chi connectivity index (χ1) is 19.3. The molecule has 0 unspecified atom stereocenters. The second kappa shape index (κ2) is 14.0. The number of aromatic nitrogens is 4. The van der Waals surface area contributed by atoms with Crippen molar-refractivity contribution in [1.29, 1.82) is 0 Å². The van der Waals surface area contributed by atoms with Crippen LogP contribution in [-0.4, -0.2) is 75.0 Å². The van der Waals surface area contributed by atoms with E-state index in [0.717, 1.165) is 36.3 Å². The molecule has 3 heterocycles. The number of methoxy groups -OCH3 is 1. The molecule has 4 rings (SSSR count). The summed E-state index contributed by atoms with van der Waals surface area (Å²) >= 11 is 0. The highest BCUT2D eigenvalue weighted by Gasteiger charge is 2.38. The number of allylic oxidation sites excluding steroid dienone is 2. The molecule has 1 fully saturated rings. The number of piperazine rings is 1. The second-order valence-corrected chi connectivity index (χ2v) is 9.37. The van der Waals surface area contributed by atoms with E-state index in [1.54, 1.807) is 31.3 Å². The summed E-state index contributed by atoms with van der Waals surface area (Å²) in [6.45, 7) is 7.13. The lowest BCUT2D eigenvalue weighted by molar-refractivity contribution is -0.192. The van der Waals surface area contributed by atoms with Crippen LogP contribution >= 0.6 is 0 Å². The average molecular weight is 597 g/mol. The summed E-state index contributed by atoms with van der Waals surface area (Å²) in [5.74, 6) is -2.09. The van der Waals surface area contributed by atoms with E-state index in [9.17, 15) is 27.6 Å². The minimum Gasteiger partial charge on any atom is -0.496 e. The molecule has 0 spiro atoms. The third kappa shape index (κ3) is 7.46. The number of nitrogens with one attached hydrogen (secondary N) is 1. The van der Waals surface area contributed by atoms with Crippen molar-refractivity contribution in [3.8, 4) is 5.75 Å². The zero-order chi connectivity index (χ0) is 30.5. The number of Topliss-reactive ketones (excluding diaryl/α,β-unsaturated/α-hetero) is 1. The van der Waals surface area contributed by atoms with Gasteiger partial charge in [0.15, 0.2) is 16.9 Å². The number of carboxylic acid groups (broad SMARTS) is 1. The summed E-state index contributed by atoms with van der Waals surface area (Å²) in [5, 5.41) is 10.4. The maximum Gasteiger partial charge on any atom is 0.490 e. The SMILES string of the molecule is C.COc1ccccc1C(=O)Cn1c(=O)c2c(nc(N3CCNCC3)n2CC=C(C)C)n(C)c1=O.O=C(O)C(F)(F)F. The van der Waals surface area contributed by atoms with Crippen molar-refractivity contribution >= 4 is 28.9 Å². The van der Waals surface area contributed by atoms with Crippen LogP contribution < -0.4 is 26.2 Å². The number of anilines is 1. The number of carboxylic acids is 1. The van der Waals surface area contributed by atoms with Crippen LogP contribution in [0.25, 0.3) is 11.2 Å². The number of ketones is 1. The van der Waals surface area contributed by atoms with Gasteiger partial charge in [0.25, 0.3) is 5.56 Å². The van der Waals surface area contributed by atoms with Crippen LogP contribution in [0.1, 0.15) is 31.6 Å². The molecule has 0 atom stereocenters. The molecule has 12 nitrogen and oxygen atoms in total. The molecule has 1 aromatic carbocycles. The number of carbonyl (C=O) groups is 2. The number of ether oxygens (including phenoxy) is 1.